The van der Waals surface area contributed by atoms with E-state index in [-0.39, 0.29) is 24.6 Å². The lowest BCUT2D eigenvalue weighted by Gasteiger charge is -2.17. The average molecular weight is 293 g/mol. The van der Waals surface area contributed by atoms with Gasteiger partial charge in [0.2, 0.25) is 0 Å². The maximum absolute atomic E-state index is 12.9. The molecule has 0 aromatic heterocycles. The smallest absolute Gasteiger partial charge is 0.396 e. The van der Waals surface area contributed by atoms with E-state index in [0.29, 0.717) is 19.0 Å². The Balaban J connectivity index is 2.68. The van der Waals surface area contributed by atoms with E-state index < -0.39 is 17.6 Å². The second-order valence-electron chi connectivity index (χ2n) is 4.72. The van der Waals surface area contributed by atoms with Crippen LogP contribution in [0.1, 0.15) is 30.9 Å². The minimum atomic E-state index is -4.56. The highest BCUT2D eigenvalue weighted by molar-refractivity contribution is 5.30. The molecule has 1 aromatic carbocycles. The van der Waals surface area contributed by atoms with Gasteiger partial charge in [0.1, 0.15) is 5.82 Å². The zero-order valence-electron chi connectivity index (χ0n) is 11.3. The van der Waals surface area contributed by atoms with Crippen molar-refractivity contribution in [2.24, 2.45) is 5.92 Å². The molecule has 0 aliphatic heterocycles. The number of alkyl halides is 3. The summed E-state index contributed by atoms with van der Waals surface area (Å²) in [5.74, 6) is -0.678. The molecule has 0 saturated carbocycles. The second kappa shape index (κ2) is 7.59. The predicted octanol–water partition coefficient (Wildman–Crippen LogP) is 3.34. The van der Waals surface area contributed by atoms with Gasteiger partial charge in [-0.15, -0.1) is 0 Å². The standard InChI is InChI=1S/C14H19F4NO/c1-2-10(5-6-20)8-19-9-11-3-4-12(15)7-13(11)14(16,17)18/h3-4,7,10,19-20H,2,5-6,8-9H2,1H3. The molecule has 2 nitrogen and oxygen atoms in total. The van der Waals surface area contributed by atoms with E-state index in [4.69, 9.17) is 5.11 Å². The molecule has 0 fully saturated rings. The molecule has 0 saturated heterocycles. The van der Waals surface area contributed by atoms with Crippen LogP contribution in [0.3, 0.4) is 0 Å². The Morgan fingerprint density at radius 2 is 2.00 bits per heavy atom. The van der Waals surface area contributed by atoms with Crippen LogP contribution in [0.15, 0.2) is 18.2 Å². The van der Waals surface area contributed by atoms with E-state index in [2.05, 4.69) is 5.32 Å². The molecule has 0 bridgehead atoms. The predicted molar refractivity (Wildman–Crippen MR) is 68.6 cm³/mol. The fourth-order valence-corrected chi connectivity index (χ4v) is 2.01. The highest BCUT2D eigenvalue weighted by atomic mass is 19.4. The third-order valence-corrected chi connectivity index (χ3v) is 3.24. The third kappa shape index (κ3) is 5.09. The first-order valence-corrected chi connectivity index (χ1v) is 6.55. The summed E-state index contributed by atoms with van der Waals surface area (Å²) < 4.78 is 51.3. The summed E-state index contributed by atoms with van der Waals surface area (Å²) in [6, 6.07) is 2.69. The summed E-state index contributed by atoms with van der Waals surface area (Å²) in [6.45, 7) is 2.56. The summed E-state index contributed by atoms with van der Waals surface area (Å²) in [6.07, 6.45) is -3.11. The van der Waals surface area contributed by atoms with Crippen molar-refractivity contribution in [2.45, 2.75) is 32.5 Å². The number of rotatable bonds is 7. The highest BCUT2D eigenvalue weighted by Crippen LogP contribution is 2.32. The largest absolute Gasteiger partial charge is 0.416 e. The van der Waals surface area contributed by atoms with Crippen LogP contribution in [-0.2, 0) is 12.7 Å². The zero-order chi connectivity index (χ0) is 15.2. The minimum Gasteiger partial charge on any atom is -0.396 e. The Morgan fingerprint density at radius 1 is 1.30 bits per heavy atom. The number of hydrogen-bond donors (Lipinski definition) is 2. The Bertz CT molecular complexity index is 420. The minimum absolute atomic E-state index is 0.0249. The summed E-state index contributed by atoms with van der Waals surface area (Å²) in [7, 11) is 0. The first-order valence-electron chi connectivity index (χ1n) is 6.55. The van der Waals surface area contributed by atoms with Gasteiger partial charge in [-0.05, 0) is 36.6 Å². The molecule has 0 heterocycles. The number of aliphatic hydroxyl groups excluding tert-OH is 1. The maximum atomic E-state index is 12.9. The first kappa shape index (κ1) is 16.9. The number of hydrogen-bond acceptors (Lipinski definition) is 2. The molecule has 1 unspecified atom stereocenters. The van der Waals surface area contributed by atoms with Crippen LogP contribution in [0, 0.1) is 11.7 Å². The van der Waals surface area contributed by atoms with E-state index in [1.807, 2.05) is 6.92 Å². The van der Waals surface area contributed by atoms with Gasteiger partial charge in [0.15, 0.2) is 0 Å². The van der Waals surface area contributed by atoms with Gasteiger partial charge >= 0.3 is 6.18 Å². The Morgan fingerprint density at radius 3 is 2.55 bits per heavy atom. The summed E-state index contributed by atoms with van der Waals surface area (Å²) in [4.78, 5) is 0. The van der Waals surface area contributed by atoms with Gasteiger partial charge in [0, 0.05) is 13.2 Å². The van der Waals surface area contributed by atoms with Crippen molar-refractivity contribution < 1.29 is 22.7 Å². The van der Waals surface area contributed by atoms with Gasteiger partial charge in [0.25, 0.3) is 0 Å². The molecule has 0 amide bonds. The highest BCUT2D eigenvalue weighted by Gasteiger charge is 2.33. The van der Waals surface area contributed by atoms with E-state index in [9.17, 15) is 17.6 Å². The van der Waals surface area contributed by atoms with Crippen LogP contribution in [0.2, 0.25) is 0 Å². The van der Waals surface area contributed by atoms with E-state index in [0.717, 1.165) is 18.6 Å². The molecule has 6 heteroatoms. The van der Waals surface area contributed by atoms with Crippen molar-refractivity contribution >= 4 is 0 Å². The molecule has 0 aliphatic carbocycles. The van der Waals surface area contributed by atoms with Gasteiger partial charge in [-0.3, -0.25) is 0 Å². The quantitative estimate of drug-likeness (QED) is 0.756. The van der Waals surface area contributed by atoms with Crippen molar-refractivity contribution in [3.63, 3.8) is 0 Å². The number of nitrogens with one attached hydrogen (secondary N) is 1. The molecule has 0 aliphatic rings. The van der Waals surface area contributed by atoms with E-state index >= 15 is 0 Å². The normalized spacial score (nSPS) is 13.5. The number of halogens is 4. The van der Waals surface area contributed by atoms with Crippen molar-refractivity contribution in [1.82, 2.24) is 5.32 Å². The molecular weight excluding hydrogens is 274 g/mol. The fourth-order valence-electron chi connectivity index (χ4n) is 2.01. The van der Waals surface area contributed by atoms with Gasteiger partial charge in [-0.25, -0.2) is 4.39 Å². The molecule has 114 valence electrons. The topological polar surface area (TPSA) is 32.3 Å². The average Bonchev–Trinajstić information content (AvgIpc) is 2.38. The SMILES string of the molecule is CCC(CCO)CNCc1ccc(F)cc1C(F)(F)F. The van der Waals surface area contributed by atoms with Crippen LogP contribution in [-0.4, -0.2) is 18.3 Å². The van der Waals surface area contributed by atoms with Gasteiger partial charge < -0.3 is 10.4 Å². The molecular formula is C14H19F4NO. The van der Waals surface area contributed by atoms with E-state index in [1.54, 1.807) is 0 Å². The molecule has 0 radical (unpaired) electrons. The number of benzene rings is 1. The summed E-state index contributed by atoms with van der Waals surface area (Å²) >= 11 is 0. The fraction of sp³-hybridized carbons (Fsp3) is 0.571. The van der Waals surface area contributed by atoms with Crippen LogP contribution in [0.25, 0.3) is 0 Å². The summed E-state index contributed by atoms with van der Waals surface area (Å²) in [5.41, 5.74) is -0.919. The molecule has 2 N–H and O–H groups in total. The maximum Gasteiger partial charge on any atom is 0.416 e. The molecule has 0 spiro atoms. The van der Waals surface area contributed by atoms with Crippen molar-refractivity contribution in [2.75, 3.05) is 13.2 Å². The second-order valence-corrected chi connectivity index (χ2v) is 4.72. The number of aliphatic hydroxyl groups is 1. The first-order chi connectivity index (χ1) is 9.38. The summed E-state index contributed by atoms with van der Waals surface area (Å²) in [5, 5.41) is 11.8. The van der Waals surface area contributed by atoms with Crippen LogP contribution in [0.5, 0.6) is 0 Å². The molecule has 1 aromatic rings. The molecule has 1 atom stereocenters. The van der Waals surface area contributed by atoms with Crippen molar-refractivity contribution in [3.05, 3.63) is 35.1 Å². The van der Waals surface area contributed by atoms with E-state index in [1.165, 1.54) is 0 Å². The molecule has 20 heavy (non-hydrogen) atoms. The lowest BCUT2D eigenvalue weighted by Crippen LogP contribution is -2.24. The Labute approximate surface area is 115 Å². The van der Waals surface area contributed by atoms with Crippen molar-refractivity contribution in [3.8, 4) is 0 Å². The lowest BCUT2D eigenvalue weighted by atomic mass is 10.0. The Hall–Kier alpha value is -1.14. The van der Waals surface area contributed by atoms with Gasteiger partial charge in [0.05, 0.1) is 5.56 Å². The Kier molecular flexibility index (Phi) is 6.42. The van der Waals surface area contributed by atoms with Crippen LogP contribution >= 0.6 is 0 Å². The van der Waals surface area contributed by atoms with Crippen molar-refractivity contribution in [1.29, 1.82) is 0 Å². The zero-order valence-corrected chi connectivity index (χ0v) is 11.3. The third-order valence-electron chi connectivity index (χ3n) is 3.24. The van der Waals surface area contributed by atoms with Gasteiger partial charge in [-0.1, -0.05) is 19.4 Å². The van der Waals surface area contributed by atoms with Crippen LogP contribution < -0.4 is 5.32 Å². The monoisotopic (exact) mass is 293 g/mol. The van der Waals surface area contributed by atoms with Gasteiger partial charge in [-0.2, -0.15) is 13.2 Å². The van der Waals surface area contributed by atoms with Crippen LogP contribution in [0.4, 0.5) is 17.6 Å². The lowest BCUT2D eigenvalue weighted by molar-refractivity contribution is -0.138. The molecule has 1 rings (SSSR count).